The summed E-state index contributed by atoms with van der Waals surface area (Å²) in [7, 11) is -0.728. The number of Topliss-reactive ketones (excluding diaryl/α,β-unsaturated/α-hetero) is 1. The molecule has 5 rings (SSSR count). The molecule has 0 radical (unpaired) electrons. The van der Waals surface area contributed by atoms with Crippen LogP contribution in [0.25, 0.3) is 0 Å². The summed E-state index contributed by atoms with van der Waals surface area (Å²) in [5.74, 6) is -0.261. The highest BCUT2D eigenvalue weighted by atomic mass is 16.5. The van der Waals surface area contributed by atoms with Crippen molar-refractivity contribution in [3.63, 3.8) is 0 Å². The molecule has 1 spiro atoms. The van der Waals surface area contributed by atoms with E-state index in [0.717, 1.165) is 11.1 Å². The molecule has 1 saturated carbocycles. The van der Waals surface area contributed by atoms with Gasteiger partial charge in [-0.25, -0.2) is 0 Å². The van der Waals surface area contributed by atoms with Gasteiger partial charge in [0.1, 0.15) is 0 Å². The third-order valence-corrected chi connectivity index (χ3v) is 5.99. The van der Waals surface area contributed by atoms with Crippen molar-refractivity contribution >= 4 is 5.78 Å². The molecule has 1 aromatic rings. The molecule has 0 N–H and O–H groups in total. The van der Waals surface area contributed by atoms with Crippen molar-refractivity contribution in [1.82, 2.24) is 4.90 Å². The average Bonchev–Trinajstić information content (AvgIpc) is 2.84. The Morgan fingerprint density at radius 1 is 1.55 bits per heavy atom. The monoisotopic (exact) mass is 304 g/mol. The van der Waals surface area contributed by atoms with Gasteiger partial charge in [0, 0.05) is 24.8 Å². The Morgan fingerprint density at radius 3 is 3.32 bits per heavy atom. The molecule has 2 heterocycles. The fourth-order valence-electron chi connectivity index (χ4n) is 5.07. The van der Waals surface area contributed by atoms with Gasteiger partial charge in [-0.1, -0.05) is 6.07 Å². The Bertz CT molecular complexity index is 873. The molecule has 0 amide bonds. The minimum absolute atomic E-state index is 0.0482. The van der Waals surface area contributed by atoms with Crippen molar-refractivity contribution in [2.75, 3.05) is 20.6 Å². The summed E-state index contributed by atoms with van der Waals surface area (Å²) < 4.78 is 51.7. The SMILES string of the molecule is [2H]C([2H])([2H])Oc1ccc2c3c1OC1([2H])C(=O)CC[C@H]4[C@@]([2H])(C2)N(C)CC[C@@]341. The second-order valence-electron chi connectivity index (χ2n) is 6.79. The summed E-state index contributed by atoms with van der Waals surface area (Å²) in [6.07, 6.45) is -0.0978. The lowest BCUT2D eigenvalue weighted by atomic mass is 9.52. The van der Waals surface area contributed by atoms with Crippen LogP contribution in [0.15, 0.2) is 12.1 Å². The average molecular weight is 304 g/mol. The predicted molar refractivity (Wildman–Crippen MR) is 81.6 cm³/mol. The molecule has 2 fully saturated rings. The highest BCUT2D eigenvalue weighted by molar-refractivity contribution is 5.89. The van der Waals surface area contributed by atoms with Gasteiger partial charge in [0.05, 0.1) is 12.5 Å². The minimum atomic E-state index is -2.65. The number of carbonyl (C=O) groups excluding carboxylic acids is 1. The Morgan fingerprint density at radius 2 is 2.45 bits per heavy atom. The van der Waals surface area contributed by atoms with Gasteiger partial charge in [-0.3, -0.25) is 4.79 Å². The van der Waals surface area contributed by atoms with Crippen LogP contribution in [0.2, 0.25) is 0 Å². The predicted octanol–water partition coefficient (Wildman–Crippen LogP) is 1.93. The number of likely N-dealkylation sites (tertiary alicyclic amines) is 1. The summed E-state index contributed by atoms with van der Waals surface area (Å²) in [5, 5.41) is 0. The molecule has 2 bridgehead atoms. The Hall–Kier alpha value is -1.55. The molecular formula is C18H21NO3. The van der Waals surface area contributed by atoms with E-state index in [1.807, 2.05) is 11.9 Å². The van der Waals surface area contributed by atoms with E-state index in [1.165, 1.54) is 6.07 Å². The van der Waals surface area contributed by atoms with Crippen LogP contribution >= 0.6 is 0 Å². The second-order valence-corrected chi connectivity index (χ2v) is 6.79. The molecule has 4 heteroatoms. The van der Waals surface area contributed by atoms with E-state index in [9.17, 15) is 6.17 Å². The smallest absolute Gasteiger partial charge is 0.174 e. The Balaban J connectivity index is 1.80. The summed E-state index contributed by atoms with van der Waals surface area (Å²) in [6, 6.07) is 2.39. The van der Waals surface area contributed by atoms with Crippen molar-refractivity contribution in [1.29, 1.82) is 0 Å². The molecular weight excluding hydrogens is 278 g/mol. The largest absolute Gasteiger partial charge is 0.493 e. The van der Waals surface area contributed by atoms with E-state index in [2.05, 4.69) is 0 Å². The number of likely N-dealkylation sites (N-methyl/N-ethyl adjacent to an activating group) is 1. The van der Waals surface area contributed by atoms with Gasteiger partial charge < -0.3 is 14.4 Å². The molecule has 4 nitrogen and oxygen atoms in total. The minimum Gasteiger partial charge on any atom is -0.493 e. The lowest BCUT2D eigenvalue weighted by Gasteiger charge is -2.57. The third-order valence-electron chi connectivity index (χ3n) is 5.99. The van der Waals surface area contributed by atoms with Gasteiger partial charge in [-0.05, 0) is 50.4 Å². The van der Waals surface area contributed by atoms with Gasteiger partial charge in [0.15, 0.2) is 23.4 Å². The van der Waals surface area contributed by atoms with Gasteiger partial charge >= 0.3 is 0 Å². The number of rotatable bonds is 1. The summed E-state index contributed by atoms with van der Waals surface area (Å²) in [6.45, 7) is 0.584. The molecule has 1 saturated heterocycles. The lowest BCUT2D eigenvalue weighted by molar-refractivity contribution is -0.138. The zero-order valence-corrected chi connectivity index (χ0v) is 12.4. The van der Waals surface area contributed by atoms with Crippen molar-refractivity contribution in [2.24, 2.45) is 5.92 Å². The number of nitrogens with zero attached hydrogens (tertiary/aromatic N) is 1. The highest BCUT2D eigenvalue weighted by Crippen LogP contribution is 2.62. The van der Waals surface area contributed by atoms with Crippen LogP contribution in [0.4, 0.5) is 0 Å². The van der Waals surface area contributed by atoms with Crippen molar-refractivity contribution in [2.45, 2.75) is 43.2 Å². The maximum absolute atomic E-state index is 12.9. The molecule has 1 unspecified atom stereocenters. The second kappa shape index (κ2) is 4.05. The number of hydrogen-bond acceptors (Lipinski definition) is 4. The van der Waals surface area contributed by atoms with Crippen LogP contribution in [0.1, 0.15) is 37.2 Å². The van der Waals surface area contributed by atoms with Crippen LogP contribution < -0.4 is 9.47 Å². The molecule has 2 aliphatic heterocycles. The summed E-state index contributed by atoms with van der Waals surface area (Å²) in [5.41, 5.74) is 0.658. The Kier molecular flexibility index (Phi) is 1.64. The molecule has 116 valence electrons. The zero-order valence-electron chi connectivity index (χ0n) is 17.4. The number of carbonyl (C=O) groups is 1. The van der Waals surface area contributed by atoms with E-state index >= 15 is 0 Å². The van der Waals surface area contributed by atoms with E-state index in [4.69, 9.17) is 15.0 Å². The van der Waals surface area contributed by atoms with Crippen LogP contribution in [0.3, 0.4) is 0 Å². The van der Waals surface area contributed by atoms with E-state index in [0.29, 0.717) is 25.8 Å². The van der Waals surface area contributed by atoms with Crippen LogP contribution in [0, 0.1) is 5.92 Å². The highest BCUT2D eigenvalue weighted by Gasteiger charge is 2.65. The molecule has 2 aliphatic carbocycles. The van der Waals surface area contributed by atoms with Crippen molar-refractivity contribution < 1.29 is 21.1 Å². The van der Waals surface area contributed by atoms with Crippen molar-refractivity contribution in [3.8, 4) is 11.5 Å². The van der Waals surface area contributed by atoms with E-state index < -0.39 is 24.6 Å². The van der Waals surface area contributed by atoms with Gasteiger partial charge in [-0.15, -0.1) is 0 Å². The summed E-state index contributed by atoms with van der Waals surface area (Å²) >= 11 is 0. The fourth-order valence-corrected chi connectivity index (χ4v) is 5.07. The molecule has 22 heavy (non-hydrogen) atoms. The van der Waals surface area contributed by atoms with Gasteiger partial charge in [-0.2, -0.15) is 0 Å². The van der Waals surface area contributed by atoms with Crippen LogP contribution in [0.5, 0.6) is 11.5 Å². The molecule has 4 atom stereocenters. The standard InChI is InChI=1S/C18H21NO3/c1-19-8-7-18-11-4-5-13(20)17(18)22-16-14(21-2)6-3-10(15(16)18)9-12(11)19/h3,6,11-12,17H,4-5,7-9H2,1-2H3/t11-,12+,17?,18-/m0/s1/i2D3,12D,17D. The number of benzene rings is 1. The third kappa shape index (κ3) is 1.27. The quantitative estimate of drug-likeness (QED) is 0.795. The number of hydrogen-bond donors (Lipinski definition) is 0. The Labute approximate surface area is 137 Å². The maximum Gasteiger partial charge on any atom is 0.174 e. The van der Waals surface area contributed by atoms with Gasteiger partial charge in [0.2, 0.25) is 0 Å². The topological polar surface area (TPSA) is 38.8 Å². The zero-order chi connectivity index (χ0) is 19.4. The maximum atomic E-state index is 12.9. The number of methoxy groups -OCH3 is 1. The first kappa shape index (κ1) is 8.92. The number of ketones is 1. The summed E-state index contributed by atoms with van der Waals surface area (Å²) in [4.78, 5) is 14.9. The molecule has 4 aliphatic rings. The molecule has 1 aromatic carbocycles. The van der Waals surface area contributed by atoms with E-state index in [1.54, 1.807) is 6.07 Å². The fraction of sp³-hybridized carbons (Fsp3) is 0.611. The van der Waals surface area contributed by atoms with Crippen LogP contribution in [-0.2, 0) is 16.6 Å². The molecule has 0 aromatic heterocycles. The normalized spacial score (nSPS) is 49.0. The number of ether oxygens (including phenoxy) is 2. The van der Waals surface area contributed by atoms with Crippen LogP contribution in [-0.4, -0.2) is 43.4 Å². The number of piperidine rings is 1. The first-order chi connectivity index (χ1) is 12.5. The first-order valence-electron chi connectivity index (χ1n) is 10.3. The van der Waals surface area contributed by atoms with Crippen molar-refractivity contribution in [3.05, 3.63) is 23.3 Å². The lowest BCUT2D eigenvalue weighted by Crippen LogP contribution is -2.65. The first-order valence-corrected chi connectivity index (χ1v) is 7.82. The van der Waals surface area contributed by atoms with E-state index in [-0.39, 0.29) is 29.6 Å². The van der Waals surface area contributed by atoms with Gasteiger partial charge in [0.25, 0.3) is 0 Å².